The zero-order valence-corrected chi connectivity index (χ0v) is 11.8. The van der Waals surface area contributed by atoms with E-state index >= 15 is 0 Å². The van der Waals surface area contributed by atoms with E-state index < -0.39 is 0 Å². The van der Waals surface area contributed by atoms with E-state index in [4.69, 9.17) is 4.74 Å². The standard InChI is InChI=1S/C15H30O2/c1-4-9-12(3)14(16)15(17-5-2)13-10-7-6-8-11-13/h12-16H,4-11H2,1-3H3. The maximum atomic E-state index is 10.5. The average Bonchev–Trinajstić information content (AvgIpc) is 2.36. The van der Waals surface area contributed by atoms with Gasteiger partial charge in [-0.15, -0.1) is 0 Å². The number of hydrogen-bond acceptors (Lipinski definition) is 2. The predicted molar refractivity (Wildman–Crippen MR) is 72.1 cm³/mol. The Kier molecular flexibility index (Phi) is 7.14. The molecule has 0 aromatic carbocycles. The minimum Gasteiger partial charge on any atom is -0.390 e. The predicted octanol–water partition coefficient (Wildman–Crippen LogP) is 3.77. The second kappa shape index (κ2) is 8.10. The Morgan fingerprint density at radius 1 is 1.18 bits per heavy atom. The highest BCUT2D eigenvalue weighted by Gasteiger charge is 2.32. The van der Waals surface area contributed by atoms with Gasteiger partial charge in [-0.25, -0.2) is 0 Å². The molecule has 0 bridgehead atoms. The molecule has 1 fully saturated rings. The lowest BCUT2D eigenvalue weighted by atomic mass is 9.80. The van der Waals surface area contributed by atoms with Crippen molar-refractivity contribution < 1.29 is 9.84 Å². The van der Waals surface area contributed by atoms with Crippen LogP contribution in [-0.4, -0.2) is 23.9 Å². The summed E-state index contributed by atoms with van der Waals surface area (Å²) in [4.78, 5) is 0. The summed E-state index contributed by atoms with van der Waals surface area (Å²) in [5.74, 6) is 0.941. The van der Waals surface area contributed by atoms with Gasteiger partial charge in [0.2, 0.25) is 0 Å². The van der Waals surface area contributed by atoms with Gasteiger partial charge in [-0.05, 0) is 38.0 Å². The van der Waals surface area contributed by atoms with Crippen LogP contribution in [0.5, 0.6) is 0 Å². The van der Waals surface area contributed by atoms with Crippen LogP contribution in [0.15, 0.2) is 0 Å². The van der Waals surface area contributed by atoms with Gasteiger partial charge in [0, 0.05) is 6.61 Å². The van der Waals surface area contributed by atoms with E-state index in [9.17, 15) is 5.11 Å². The van der Waals surface area contributed by atoms with Gasteiger partial charge >= 0.3 is 0 Å². The first-order chi connectivity index (χ1) is 8.20. The number of aliphatic hydroxyl groups is 1. The van der Waals surface area contributed by atoms with E-state index in [2.05, 4.69) is 13.8 Å². The van der Waals surface area contributed by atoms with Crippen molar-refractivity contribution in [2.45, 2.75) is 77.9 Å². The summed E-state index contributed by atoms with van der Waals surface area (Å²) in [7, 11) is 0. The molecule has 0 aliphatic heterocycles. The molecule has 1 saturated carbocycles. The van der Waals surface area contributed by atoms with Crippen molar-refractivity contribution in [1.29, 1.82) is 0 Å². The maximum absolute atomic E-state index is 10.5. The third-order valence-electron chi connectivity index (χ3n) is 4.14. The van der Waals surface area contributed by atoms with Crippen molar-refractivity contribution in [2.75, 3.05) is 6.61 Å². The monoisotopic (exact) mass is 242 g/mol. The summed E-state index contributed by atoms with van der Waals surface area (Å²) in [5.41, 5.74) is 0. The van der Waals surface area contributed by atoms with Crippen LogP contribution >= 0.6 is 0 Å². The van der Waals surface area contributed by atoms with Crippen molar-refractivity contribution in [3.8, 4) is 0 Å². The van der Waals surface area contributed by atoms with Crippen LogP contribution in [0.4, 0.5) is 0 Å². The summed E-state index contributed by atoms with van der Waals surface area (Å²) < 4.78 is 5.86. The van der Waals surface area contributed by atoms with Crippen molar-refractivity contribution >= 4 is 0 Å². The Labute approximate surface area is 107 Å². The van der Waals surface area contributed by atoms with Crippen LogP contribution in [-0.2, 0) is 4.74 Å². The number of hydrogen-bond donors (Lipinski definition) is 1. The number of aliphatic hydroxyl groups excluding tert-OH is 1. The SMILES string of the molecule is CCCC(C)C(O)C(OCC)C1CCCCC1. The van der Waals surface area contributed by atoms with Gasteiger partial charge in [0.15, 0.2) is 0 Å². The zero-order valence-electron chi connectivity index (χ0n) is 11.8. The summed E-state index contributed by atoms with van der Waals surface area (Å²) >= 11 is 0. The first kappa shape index (κ1) is 15.0. The van der Waals surface area contributed by atoms with Crippen molar-refractivity contribution in [3.05, 3.63) is 0 Å². The highest BCUT2D eigenvalue weighted by molar-refractivity contribution is 4.83. The van der Waals surface area contributed by atoms with E-state index in [-0.39, 0.29) is 12.2 Å². The van der Waals surface area contributed by atoms with Gasteiger partial charge in [-0.2, -0.15) is 0 Å². The summed E-state index contributed by atoms with van der Waals surface area (Å²) in [5, 5.41) is 10.5. The highest BCUT2D eigenvalue weighted by Crippen LogP contribution is 2.32. The molecule has 2 heteroatoms. The van der Waals surface area contributed by atoms with Gasteiger partial charge in [0.05, 0.1) is 12.2 Å². The zero-order chi connectivity index (χ0) is 12.7. The van der Waals surface area contributed by atoms with Gasteiger partial charge in [-0.1, -0.05) is 39.5 Å². The van der Waals surface area contributed by atoms with E-state index in [1.54, 1.807) is 0 Å². The average molecular weight is 242 g/mol. The van der Waals surface area contributed by atoms with E-state index in [0.29, 0.717) is 11.8 Å². The molecule has 2 nitrogen and oxygen atoms in total. The summed E-state index contributed by atoms with van der Waals surface area (Å²) in [6.07, 6.45) is 8.47. The van der Waals surface area contributed by atoms with Crippen LogP contribution in [0.2, 0.25) is 0 Å². The van der Waals surface area contributed by atoms with Crippen LogP contribution < -0.4 is 0 Å². The van der Waals surface area contributed by atoms with Crippen molar-refractivity contribution in [3.63, 3.8) is 0 Å². The Morgan fingerprint density at radius 2 is 1.82 bits per heavy atom. The molecule has 0 aromatic rings. The van der Waals surface area contributed by atoms with E-state index in [0.717, 1.165) is 19.4 Å². The fraction of sp³-hybridized carbons (Fsp3) is 1.00. The van der Waals surface area contributed by atoms with Crippen LogP contribution in [0.1, 0.15) is 65.7 Å². The largest absolute Gasteiger partial charge is 0.390 e. The van der Waals surface area contributed by atoms with Gasteiger partial charge in [-0.3, -0.25) is 0 Å². The number of rotatable bonds is 7. The quantitative estimate of drug-likeness (QED) is 0.736. The lowest BCUT2D eigenvalue weighted by Crippen LogP contribution is -2.41. The van der Waals surface area contributed by atoms with Crippen molar-refractivity contribution in [2.24, 2.45) is 11.8 Å². The molecule has 0 aromatic heterocycles. The molecule has 1 aliphatic rings. The Bertz CT molecular complexity index is 187. The molecule has 102 valence electrons. The molecule has 0 spiro atoms. The molecule has 0 saturated heterocycles. The van der Waals surface area contributed by atoms with Crippen LogP contribution in [0, 0.1) is 11.8 Å². The van der Waals surface area contributed by atoms with E-state index in [1.165, 1.54) is 32.1 Å². The first-order valence-corrected chi connectivity index (χ1v) is 7.50. The minimum atomic E-state index is -0.280. The molecule has 3 atom stereocenters. The third-order valence-corrected chi connectivity index (χ3v) is 4.14. The maximum Gasteiger partial charge on any atom is 0.0864 e. The summed E-state index contributed by atoms with van der Waals surface area (Å²) in [6.45, 7) is 7.09. The molecule has 0 radical (unpaired) electrons. The Balaban J connectivity index is 2.55. The molecule has 1 N–H and O–H groups in total. The normalized spacial score (nSPS) is 23.3. The molecule has 0 amide bonds. The van der Waals surface area contributed by atoms with Crippen molar-refractivity contribution in [1.82, 2.24) is 0 Å². The molecule has 1 rings (SSSR count). The van der Waals surface area contributed by atoms with Crippen LogP contribution in [0.25, 0.3) is 0 Å². The van der Waals surface area contributed by atoms with Gasteiger partial charge in [0.25, 0.3) is 0 Å². The Morgan fingerprint density at radius 3 is 2.35 bits per heavy atom. The topological polar surface area (TPSA) is 29.5 Å². The van der Waals surface area contributed by atoms with Gasteiger partial charge < -0.3 is 9.84 Å². The first-order valence-electron chi connectivity index (χ1n) is 7.50. The number of ether oxygens (including phenoxy) is 1. The molecule has 3 unspecified atom stereocenters. The summed E-state index contributed by atoms with van der Waals surface area (Å²) in [6, 6.07) is 0. The van der Waals surface area contributed by atoms with Crippen LogP contribution in [0.3, 0.4) is 0 Å². The Hall–Kier alpha value is -0.0800. The molecule has 17 heavy (non-hydrogen) atoms. The van der Waals surface area contributed by atoms with E-state index in [1.807, 2.05) is 6.92 Å². The highest BCUT2D eigenvalue weighted by atomic mass is 16.5. The molecule has 0 heterocycles. The molecule has 1 aliphatic carbocycles. The second-order valence-electron chi connectivity index (χ2n) is 5.57. The lowest BCUT2D eigenvalue weighted by molar-refractivity contribution is -0.0916. The third kappa shape index (κ3) is 4.59. The smallest absolute Gasteiger partial charge is 0.0864 e. The molecular weight excluding hydrogens is 212 g/mol. The fourth-order valence-corrected chi connectivity index (χ4v) is 3.12. The lowest BCUT2D eigenvalue weighted by Gasteiger charge is -2.35. The minimum absolute atomic E-state index is 0.0712. The molecular formula is C15H30O2. The second-order valence-corrected chi connectivity index (χ2v) is 5.57. The fourth-order valence-electron chi connectivity index (χ4n) is 3.12. The van der Waals surface area contributed by atoms with Gasteiger partial charge in [0.1, 0.15) is 0 Å².